The number of rotatable bonds is 4. The van der Waals surface area contributed by atoms with Gasteiger partial charge in [0.05, 0.1) is 5.69 Å². The Bertz CT molecular complexity index is 874. The molecule has 1 aromatic carbocycles. The summed E-state index contributed by atoms with van der Waals surface area (Å²) in [5, 5.41) is 16.7. The van der Waals surface area contributed by atoms with Crippen molar-refractivity contribution in [1.82, 2.24) is 25.5 Å². The van der Waals surface area contributed by atoms with Crippen LogP contribution in [0.2, 0.25) is 0 Å². The van der Waals surface area contributed by atoms with Crippen molar-refractivity contribution in [2.45, 2.75) is 19.8 Å². The molecular weight excluding hydrogens is 332 g/mol. The number of hydrogen-bond donors (Lipinski definition) is 2. The maximum Gasteiger partial charge on any atom is 0.313 e. The minimum Gasteiger partial charge on any atom is -0.348 e. The zero-order chi connectivity index (χ0) is 18.1. The van der Waals surface area contributed by atoms with E-state index >= 15 is 0 Å². The van der Waals surface area contributed by atoms with Crippen molar-refractivity contribution in [1.29, 1.82) is 0 Å². The van der Waals surface area contributed by atoms with Crippen LogP contribution in [0.5, 0.6) is 0 Å². The van der Waals surface area contributed by atoms with Crippen molar-refractivity contribution in [2.75, 3.05) is 11.9 Å². The van der Waals surface area contributed by atoms with Gasteiger partial charge in [-0.2, -0.15) is 4.68 Å². The van der Waals surface area contributed by atoms with Gasteiger partial charge < -0.3 is 10.6 Å². The first kappa shape index (κ1) is 16.4. The minimum absolute atomic E-state index is 0.438. The molecule has 2 aliphatic carbocycles. The van der Waals surface area contributed by atoms with Crippen LogP contribution < -0.4 is 10.6 Å². The van der Waals surface area contributed by atoms with Crippen LogP contribution in [0.3, 0.4) is 0 Å². The summed E-state index contributed by atoms with van der Waals surface area (Å²) >= 11 is 0. The second-order valence-electron chi connectivity index (χ2n) is 6.89. The van der Waals surface area contributed by atoms with Gasteiger partial charge in [-0.3, -0.25) is 9.59 Å². The Morgan fingerprint density at radius 3 is 2.81 bits per heavy atom. The largest absolute Gasteiger partial charge is 0.348 e. The predicted octanol–water partition coefficient (Wildman–Crippen LogP) is 1.24. The summed E-state index contributed by atoms with van der Waals surface area (Å²) in [7, 11) is 0. The molecule has 1 fully saturated rings. The molecule has 2 aliphatic rings. The van der Waals surface area contributed by atoms with Crippen LogP contribution in [0.1, 0.15) is 18.7 Å². The number of amides is 2. The fourth-order valence-electron chi connectivity index (χ4n) is 3.81. The highest BCUT2D eigenvalue weighted by atomic mass is 16.2. The van der Waals surface area contributed by atoms with Gasteiger partial charge in [0.1, 0.15) is 0 Å². The number of aryl methyl sites for hydroxylation is 1. The highest BCUT2D eigenvalue weighted by Crippen LogP contribution is 2.42. The van der Waals surface area contributed by atoms with Crippen LogP contribution in [0, 0.1) is 24.7 Å². The van der Waals surface area contributed by atoms with E-state index in [2.05, 4.69) is 38.3 Å². The van der Waals surface area contributed by atoms with E-state index in [1.807, 2.05) is 6.07 Å². The van der Waals surface area contributed by atoms with Gasteiger partial charge in [-0.05, 0) is 66.1 Å². The van der Waals surface area contributed by atoms with Crippen LogP contribution in [0.25, 0.3) is 5.69 Å². The highest BCUT2D eigenvalue weighted by Gasteiger charge is 2.35. The summed E-state index contributed by atoms with van der Waals surface area (Å²) in [5.74, 6) is 0.974. The normalized spacial score (nSPS) is 23.2. The van der Waals surface area contributed by atoms with E-state index in [9.17, 15) is 9.59 Å². The number of aromatic nitrogens is 4. The average molecular weight is 352 g/mol. The molecule has 8 nitrogen and oxygen atoms in total. The lowest BCUT2D eigenvalue weighted by Gasteiger charge is -2.18. The molecule has 0 radical (unpaired) electrons. The monoisotopic (exact) mass is 352 g/mol. The summed E-state index contributed by atoms with van der Waals surface area (Å²) in [4.78, 5) is 24.3. The second kappa shape index (κ2) is 6.70. The van der Waals surface area contributed by atoms with E-state index in [1.54, 1.807) is 29.8 Å². The van der Waals surface area contributed by atoms with Crippen molar-refractivity contribution < 1.29 is 9.59 Å². The van der Waals surface area contributed by atoms with E-state index in [0.717, 1.165) is 6.42 Å². The fraction of sp³-hybridized carbons (Fsp3) is 0.389. The van der Waals surface area contributed by atoms with Crippen molar-refractivity contribution in [2.24, 2.45) is 17.8 Å². The van der Waals surface area contributed by atoms with Crippen molar-refractivity contribution in [3.8, 4) is 5.69 Å². The molecule has 0 unspecified atom stereocenters. The average Bonchev–Trinajstić information content (AvgIpc) is 3.36. The number of carbonyl (C=O) groups is 2. The Kier molecular flexibility index (Phi) is 4.24. The number of benzene rings is 1. The van der Waals surface area contributed by atoms with Gasteiger partial charge in [0.15, 0.2) is 5.82 Å². The van der Waals surface area contributed by atoms with Gasteiger partial charge in [0, 0.05) is 12.2 Å². The third-order valence-electron chi connectivity index (χ3n) is 5.12. The lowest BCUT2D eigenvalue weighted by molar-refractivity contribution is -0.136. The Morgan fingerprint density at radius 2 is 2.12 bits per heavy atom. The van der Waals surface area contributed by atoms with Gasteiger partial charge in [-0.15, -0.1) is 5.10 Å². The van der Waals surface area contributed by atoms with E-state index in [0.29, 0.717) is 41.5 Å². The van der Waals surface area contributed by atoms with Crippen LogP contribution >= 0.6 is 0 Å². The summed E-state index contributed by atoms with van der Waals surface area (Å²) < 4.78 is 1.55. The first-order valence-electron chi connectivity index (χ1n) is 8.73. The molecule has 2 aromatic rings. The Balaban J connectivity index is 1.35. The molecule has 2 amide bonds. The van der Waals surface area contributed by atoms with Gasteiger partial charge >= 0.3 is 11.8 Å². The molecule has 0 spiro atoms. The fourth-order valence-corrected chi connectivity index (χ4v) is 3.81. The topological polar surface area (TPSA) is 102 Å². The van der Waals surface area contributed by atoms with Gasteiger partial charge in [-0.1, -0.05) is 18.2 Å². The van der Waals surface area contributed by atoms with E-state index in [1.165, 1.54) is 6.42 Å². The maximum absolute atomic E-state index is 12.2. The number of fused-ring (bicyclic) bond motifs is 2. The van der Waals surface area contributed by atoms with E-state index < -0.39 is 11.8 Å². The number of nitrogens with zero attached hydrogens (tertiary/aromatic N) is 4. The molecule has 3 atom stereocenters. The van der Waals surface area contributed by atoms with Crippen LogP contribution in [0.15, 0.2) is 36.4 Å². The Labute approximate surface area is 150 Å². The number of anilines is 1. The van der Waals surface area contributed by atoms with Crippen molar-refractivity contribution >= 4 is 17.5 Å². The summed E-state index contributed by atoms with van der Waals surface area (Å²) in [5.41, 5.74) is 1.22. The number of carbonyl (C=O) groups excluding carboxylic acids is 2. The van der Waals surface area contributed by atoms with E-state index in [-0.39, 0.29) is 0 Å². The smallest absolute Gasteiger partial charge is 0.313 e. The molecule has 134 valence electrons. The van der Waals surface area contributed by atoms with Gasteiger partial charge in [-0.25, -0.2) is 0 Å². The highest BCUT2D eigenvalue weighted by molar-refractivity contribution is 6.39. The summed E-state index contributed by atoms with van der Waals surface area (Å²) in [6, 6.07) is 7.03. The lowest BCUT2D eigenvalue weighted by atomic mass is 9.94. The zero-order valence-corrected chi connectivity index (χ0v) is 14.4. The maximum atomic E-state index is 12.2. The lowest BCUT2D eigenvalue weighted by Crippen LogP contribution is -2.38. The van der Waals surface area contributed by atoms with Crippen LogP contribution in [0.4, 0.5) is 5.69 Å². The Morgan fingerprint density at radius 1 is 1.23 bits per heavy atom. The molecule has 2 N–H and O–H groups in total. The molecule has 8 heteroatoms. The van der Waals surface area contributed by atoms with Gasteiger partial charge in [0.2, 0.25) is 0 Å². The van der Waals surface area contributed by atoms with Crippen molar-refractivity contribution in [3.05, 3.63) is 42.2 Å². The number of hydrogen-bond acceptors (Lipinski definition) is 5. The standard InChI is InChI=1S/C18H20N6O2/c1-11-21-22-23-24(11)16-4-2-3-15(9-16)20-18(26)17(25)19-10-14-8-12-5-6-13(14)7-12/h2-6,9,12-14H,7-8,10H2,1H3,(H,19,25)(H,20,26)/t12-,13-,14+/m0/s1. The van der Waals surface area contributed by atoms with Crippen LogP contribution in [-0.2, 0) is 9.59 Å². The second-order valence-corrected chi connectivity index (χ2v) is 6.89. The SMILES string of the molecule is Cc1nnnn1-c1cccc(NC(=O)C(=O)NC[C@H]2C[C@H]3C=C[C@H]2C3)c1. The molecule has 2 bridgehead atoms. The Hall–Kier alpha value is -3.03. The molecule has 1 aromatic heterocycles. The molecule has 1 heterocycles. The third-order valence-corrected chi connectivity index (χ3v) is 5.12. The van der Waals surface area contributed by atoms with Crippen LogP contribution in [-0.4, -0.2) is 38.6 Å². The third kappa shape index (κ3) is 3.22. The number of allylic oxidation sites excluding steroid dienone is 2. The molecule has 0 saturated heterocycles. The summed E-state index contributed by atoms with van der Waals surface area (Å²) in [6.07, 6.45) is 6.76. The van der Waals surface area contributed by atoms with E-state index in [4.69, 9.17) is 0 Å². The molecule has 4 rings (SSSR count). The minimum atomic E-state index is -0.672. The molecule has 1 saturated carbocycles. The first-order valence-corrected chi connectivity index (χ1v) is 8.73. The number of tetrazole rings is 1. The van der Waals surface area contributed by atoms with Crippen molar-refractivity contribution in [3.63, 3.8) is 0 Å². The number of nitrogens with one attached hydrogen (secondary N) is 2. The molecular formula is C18H20N6O2. The predicted molar refractivity (Wildman–Crippen MR) is 94.4 cm³/mol. The van der Waals surface area contributed by atoms with Gasteiger partial charge in [0.25, 0.3) is 0 Å². The zero-order valence-electron chi connectivity index (χ0n) is 14.4. The first-order chi connectivity index (χ1) is 12.6. The molecule has 26 heavy (non-hydrogen) atoms. The quantitative estimate of drug-likeness (QED) is 0.637. The molecule has 0 aliphatic heterocycles. The summed E-state index contributed by atoms with van der Waals surface area (Å²) in [6.45, 7) is 2.32.